The number of benzene rings is 2. The lowest BCUT2D eigenvalue weighted by Gasteiger charge is -2.08. The van der Waals surface area contributed by atoms with E-state index in [9.17, 15) is 13.2 Å². The van der Waals surface area contributed by atoms with E-state index in [1.807, 2.05) is 6.92 Å². The van der Waals surface area contributed by atoms with Gasteiger partial charge >= 0.3 is 0 Å². The number of nitrogens with one attached hydrogen (secondary N) is 1. The lowest BCUT2D eigenvalue weighted by Crippen LogP contribution is -2.16. The van der Waals surface area contributed by atoms with Crippen molar-refractivity contribution in [2.24, 2.45) is 0 Å². The first-order chi connectivity index (χ1) is 12.9. The van der Waals surface area contributed by atoms with Crippen molar-refractivity contribution in [3.05, 3.63) is 48.5 Å². The molecule has 3 aromatic rings. The molecule has 0 saturated heterocycles. The van der Waals surface area contributed by atoms with Gasteiger partial charge in [-0.2, -0.15) is 0 Å². The van der Waals surface area contributed by atoms with Crippen LogP contribution in [0.25, 0.3) is 11.0 Å². The van der Waals surface area contributed by atoms with Crippen LogP contribution in [0, 0.1) is 0 Å². The maximum Gasteiger partial charge on any atom is 0.238 e. The van der Waals surface area contributed by atoms with Crippen molar-refractivity contribution in [2.75, 3.05) is 23.9 Å². The number of thioether (sulfide) groups is 1. The van der Waals surface area contributed by atoms with E-state index in [2.05, 4.69) is 10.3 Å². The Morgan fingerprint density at radius 1 is 1.19 bits per heavy atom. The van der Waals surface area contributed by atoms with E-state index in [1.165, 1.54) is 0 Å². The number of amides is 1. The van der Waals surface area contributed by atoms with E-state index in [1.54, 1.807) is 48.5 Å². The fraction of sp³-hybridized carbons (Fsp3) is 0.222. The van der Waals surface area contributed by atoms with Crippen LogP contribution in [0.2, 0.25) is 0 Å². The summed E-state index contributed by atoms with van der Waals surface area (Å²) in [5.41, 5.74) is 1.70. The number of carbonyl (C=O) groups excluding carboxylic acids is 1. The molecule has 7 nitrogen and oxygen atoms in total. The summed E-state index contributed by atoms with van der Waals surface area (Å²) in [7, 11) is -3.55. The molecule has 9 heteroatoms. The van der Waals surface area contributed by atoms with Crippen LogP contribution in [-0.4, -0.2) is 41.9 Å². The molecule has 142 valence electrons. The molecule has 1 N–H and O–H groups in total. The number of carbonyl (C=O) groups is 1. The van der Waals surface area contributed by atoms with Crippen LogP contribution in [-0.2, 0) is 14.8 Å². The molecule has 27 heavy (non-hydrogen) atoms. The molecule has 0 spiro atoms. The van der Waals surface area contributed by atoms with Crippen molar-refractivity contribution < 1.29 is 17.9 Å². The molecule has 0 fully saturated rings. The molecule has 0 radical (unpaired) electrons. The molecular formula is C18H19N3O4S2. The Kier molecular flexibility index (Phi) is 5.71. The Morgan fingerprint density at radius 3 is 2.56 bits per heavy atom. The Morgan fingerprint density at radius 2 is 1.89 bits per heavy atom. The second kappa shape index (κ2) is 8.01. The van der Waals surface area contributed by atoms with Crippen LogP contribution >= 0.6 is 11.8 Å². The maximum atomic E-state index is 12.2. The van der Waals surface area contributed by atoms with Crippen molar-refractivity contribution in [2.45, 2.75) is 12.1 Å². The minimum Gasteiger partial charge on any atom is -0.494 e. The molecule has 1 aromatic heterocycles. The summed E-state index contributed by atoms with van der Waals surface area (Å²) in [5, 5.41) is 3.04. The lowest BCUT2D eigenvalue weighted by atomic mass is 10.3. The Balaban J connectivity index is 1.72. The number of aromatic nitrogens is 2. The summed E-state index contributed by atoms with van der Waals surface area (Å²) in [6, 6.07) is 14.0. The highest BCUT2D eigenvalue weighted by atomic mass is 32.2. The third-order valence-electron chi connectivity index (χ3n) is 3.60. The molecule has 1 amide bonds. The van der Waals surface area contributed by atoms with Crippen LogP contribution in [0.1, 0.15) is 6.92 Å². The van der Waals surface area contributed by atoms with E-state index in [0.717, 1.165) is 27.7 Å². The van der Waals surface area contributed by atoms with Gasteiger partial charge in [0.1, 0.15) is 5.75 Å². The number of imidazole rings is 1. The van der Waals surface area contributed by atoms with Gasteiger partial charge in [-0.15, -0.1) is 0 Å². The quantitative estimate of drug-likeness (QED) is 0.608. The third kappa shape index (κ3) is 4.61. The number of hydrogen-bond acceptors (Lipinski definition) is 6. The van der Waals surface area contributed by atoms with Gasteiger partial charge < -0.3 is 10.1 Å². The smallest absolute Gasteiger partial charge is 0.238 e. The van der Waals surface area contributed by atoms with E-state index in [-0.39, 0.29) is 16.8 Å². The normalized spacial score (nSPS) is 11.5. The largest absolute Gasteiger partial charge is 0.494 e. The second-order valence-electron chi connectivity index (χ2n) is 5.70. The highest BCUT2D eigenvalue weighted by Gasteiger charge is 2.19. The third-order valence-corrected chi connectivity index (χ3v) is 5.69. The van der Waals surface area contributed by atoms with Crippen LogP contribution < -0.4 is 10.1 Å². The predicted molar refractivity (Wildman–Crippen MR) is 107 cm³/mol. The maximum absolute atomic E-state index is 12.2. The topological polar surface area (TPSA) is 90.3 Å². The minimum absolute atomic E-state index is 0.0338. The van der Waals surface area contributed by atoms with Gasteiger partial charge in [-0.05, 0) is 43.3 Å². The highest BCUT2D eigenvalue weighted by molar-refractivity contribution is 8.00. The van der Waals surface area contributed by atoms with Crippen molar-refractivity contribution in [1.82, 2.24) is 8.96 Å². The lowest BCUT2D eigenvalue weighted by molar-refractivity contribution is -0.113. The summed E-state index contributed by atoms with van der Waals surface area (Å²) in [4.78, 5) is 16.6. The SMILES string of the molecule is CCOc1ccc(NC(=O)CSc2nc3ccccc3n2S(C)(=O)=O)cc1. The summed E-state index contributed by atoms with van der Waals surface area (Å²) in [6.07, 6.45) is 1.12. The fourth-order valence-corrected chi connectivity index (χ4v) is 4.63. The monoisotopic (exact) mass is 405 g/mol. The van der Waals surface area contributed by atoms with Crippen LogP contribution in [0.4, 0.5) is 5.69 Å². The van der Waals surface area contributed by atoms with Crippen LogP contribution in [0.15, 0.2) is 53.7 Å². The van der Waals surface area contributed by atoms with Crippen molar-refractivity contribution in [3.8, 4) is 5.75 Å². The van der Waals surface area contributed by atoms with Crippen molar-refractivity contribution in [1.29, 1.82) is 0 Å². The van der Waals surface area contributed by atoms with Gasteiger partial charge in [-0.3, -0.25) is 4.79 Å². The molecule has 0 unspecified atom stereocenters. The van der Waals surface area contributed by atoms with Crippen molar-refractivity contribution >= 4 is 44.4 Å². The first-order valence-corrected chi connectivity index (χ1v) is 11.1. The first kappa shape index (κ1) is 19.2. The van der Waals surface area contributed by atoms with E-state index in [4.69, 9.17) is 4.74 Å². The number of nitrogens with zero attached hydrogens (tertiary/aromatic N) is 2. The molecule has 0 aliphatic heterocycles. The average molecular weight is 406 g/mol. The first-order valence-electron chi connectivity index (χ1n) is 8.22. The highest BCUT2D eigenvalue weighted by Crippen LogP contribution is 2.26. The molecule has 0 bridgehead atoms. The molecular weight excluding hydrogens is 386 g/mol. The molecule has 3 rings (SSSR count). The van der Waals surface area contributed by atoms with Gasteiger partial charge in [0, 0.05) is 5.69 Å². The summed E-state index contributed by atoms with van der Waals surface area (Å²) in [5.74, 6) is 0.509. The number of fused-ring (bicyclic) bond motifs is 1. The molecule has 1 heterocycles. The number of ether oxygens (including phenoxy) is 1. The van der Waals surface area contributed by atoms with Crippen LogP contribution in [0.5, 0.6) is 5.75 Å². The Bertz CT molecular complexity index is 1060. The zero-order chi connectivity index (χ0) is 19.4. The second-order valence-corrected chi connectivity index (χ2v) is 8.48. The zero-order valence-electron chi connectivity index (χ0n) is 14.9. The van der Waals surface area contributed by atoms with Gasteiger partial charge in [-0.25, -0.2) is 17.4 Å². The van der Waals surface area contributed by atoms with Crippen LogP contribution in [0.3, 0.4) is 0 Å². The van der Waals surface area contributed by atoms with E-state index in [0.29, 0.717) is 23.3 Å². The Labute approximate surface area is 161 Å². The standard InChI is InChI=1S/C18H19N3O4S2/c1-3-25-14-10-8-13(9-11-14)19-17(22)12-26-18-20-15-6-4-5-7-16(15)21(18)27(2,23)24/h4-11H,3,12H2,1-2H3,(H,19,22). The molecule has 2 aromatic carbocycles. The van der Waals surface area contributed by atoms with Gasteiger partial charge in [-0.1, -0.05) is 23.9 Å². The molecule has 0 aliphatic rings. The number of rotatable bonds is 7. The van der Waals surface area contributed by atoms with Gasteiger partial charge in [0.25, 0.3) is 0 Å². The predicted octanol–water partition coefficient (Wildman–Crippen LogP) is 2.97. The summed E-state index contributed by atoms with van der Waals surface area (Å²) in [6.45, 7) is 2.47. The summed E-state index contributed by atoms with van der Waals surface area (Å²) >= 11 is 1.07. The molecule has 0 saturated carbocycles. The summed E-state index contributed by atoms with van der Waals surface area (Å²) < 4.78 is 30.8. The molecule has 0 aliphatic carbocycles. The fourth-order valence-electron chi connectivity index (χ4n) is 2.52. The zero-order valence-corrected chi connectivity index (χ0v) is 16.5. The van der Waals surface area contributed by atoms with Gasteiger partial charge in [0.15, 0.2) is 5.16 Å². The van der Waals surface area contributed by atoms with Gasteiger partial charge in [0.2, 0.25) is 15.9 Å². The number of para-hydroxylation sites is 2. The minimum atomic E-state index is -3.55. The number of hydrogen-bond donors (Lipinski definition) is 1. The Hall–Kier alpha value is -2.52. The number of anilines is 1. The molecule has 0 atom stereocenters. The van der Waals surface area contributed by atoms with E-state index < -0.39 is 10.0 Å². The average Bonchev–Trinajstić information content (AvgIpc) is 3.00. The van der Waals surface area contributed by atoms with Gasteiger partial charge in [0.05, 0.1) is 29.6 Å². The van der Waals surface area contributed by atoms with Crippen molar-refractivity contribution in [3.63, 3.8) is 0 Å². The van der Waals surface area contributed by atoms with E-state index >= 15 is 0 Å².